The molecule has 1 saturated heterocycles. The van der Waals surface area contributed by atoms with E-state index in [1.807, 2.05) is 12.1 Å². The van der Waals surface area contributed by atoms with Gasteiger partial charge < -0.3 is 10.2 Å². The molecule has 1 atom stereocenters. The van der Waals surface area contributed by atoms with Crippen molar-refractivity contribution in [1.29, 1.82) is 0 Å². The Labute approximate surface area is 184 Å². The highest BCUT2D eigenvalue weighted by Crippen LogP contribution is 2.39. The number of halogens is 3. The summed E-state index contributed by atoms with van der Waals surface area (Å²) in [7, 11) is 1.67. The van der Waals surface area contributed by atoms with Crippen LogP contribution in [0.25, 0.3) is 22.0 Å². The highest BCUT2D eigenvalue weighted by atomic mass is 35.5. The SMILES string of the molecule is CNC(=O)C1CCCN(c2ncnc3cc(Cl)c(-c4cc(Cl)ccc4Cl)cc23)C1. The number of nitrogens with zero attached hydrogens (tertiary/aromatic N) is 3. The number of amides is 1. The molecule has 1 unspecified atom stereocenters. The Morgan fingerprint density at radius 2 is 1.90 bits per heavy atom. The third-order valence-electron chi connectivity index (χ3n) is 5.26. The first-order valence-corrected chi connectivity index (χ1v) is 10.5. The molecule has 4 rings (SSSR count). The van der Waals surface area contributed by atoms with E-state index in [0.29, 0.717) is 21.6 Å². The maximum Gasteiger partial charge on any atom is 0.224 e. The number of rotatable bonds is 3. The fraction of sp³-hybridized carbons (Fsp3) is 0.286. The van der Waals surface area contributed by atoms with Crippen LogP contribution in [-0.2, 0) is 4.79 Å². The minimum Gasteiger partial charge on any atom is -0.359 e. The average Bonchev–Trinajstić information content (AvgIpc) is 2.74. The van der Waals surface area contributed by atoms with Crippen molar-refractivity contribution in [2.75, 3.05) is 25.0 Å². The lowest BCUT2D eigenvalue weighted by Gasteiger charge is -2.33. The summed E-state index contributed by atoms with van der Waals surface area (Å²) in [4.78, 5) is 23.2. The molecule has 2 aromatic carbocycles. The van der Waals surface area contributed by atoms with Crippen LogP contribution in [0.15, 0.2) is 36.7 Å². The molecule has 1 aliphatic rings. The predicted molar refractivity (Wildman–Crippen MR) is 119 cm³/mol. The molecule has 2 heterocycles. The van der Waals surface area contributed by atoms with E-state index in [0.717, 1.165) is 47.2 Å². The van der Waals surface area contributed by atoms with Gasteiger partial charge in [0.15, 0.2) is 0 Å². The fourth-order valence-corrected chi connectivity index (χ4v) is 4.47. The maximum absolute atomic E-state index is 12.1. The molecule has 1 N–H and O–H groups in total. The smallest absolute Gasteiger partial charge is 0.224 e. The number of nitrogens with one attached hydrogen (secondary N) is 1. The lowest BCUT2D eigenvalue weighted by molar-refractivity contribution is -0.124. The van der Waals surface area contributed by atoms with Crippen LogP contribution in [0.4, 0.5) is 5.82 Å². The fourth-order valence-electron chi connectivity index (χ4n) is 3.81. The van der Waals surface area contributed by atoms with Crippen LogP contribution in [0.1, 0.15) is 12.8 Å². The van der Waals surface area contributed by atoms with Gasteiger partial charge >= 0.3 is 0 Å². The van der Waals surface area contributed by atoms with Crippen LogP contribution < -0.4 is 10.2 Å². The van der Waals surface area contributed by atoms with Gasteiger partial charge in [0.05, 0.1) is 16.5 Å². The average molecular weight is 450 g/mol. The van der Waals surface area contributed by atoms with Gasteiger partial charge in [-0.05, 0) is 43.2 Å². The van der Waals surface area contributed by atoms with E-state index in [2.05, 4.69) is 20.2 Å². The number of anilines is 1. The molecule has 0 aliphatic carbocycles. The molecule has 1 fully saturated rings. The molecule has 1 amide bonds. The summed E-state index contributed by atoms with van der Waals surface area (Å²) in [5.41, 5.74) is 2.26. The normalized spacial score (nSPS) is 16.8. The van der Waals surface area contributed by atoms with Crippen molar-refractivity contribution in [1.82, 2.24) is 15.3 Å². The van der Waals surface area contributed by atoms with E-state index in [1.165, 1.54) is 6.33 Å². The Kier molecular flexibility index (Phi) is 5.81. The van der Waals surface area contributed by atoms with Crippen LogP contribution in [0.3, 0.4) is 0 Å². The Bertz CT molecular complexity index is 1090. The maximum atomic E-state index is 12.1. The number of aromatic nitrogens is 2. The number of carbonyl (C=O) groups excluding carboxylic acids is 1. The quantitative estimate of drug-likeness (QED) is 0.595. The number of hydrogen-bond acceptors (Lipinski definition) is 4. The second-order valence-electron chi connectivity index (χ2n) is 7.07. The molecule has 29 heavy (non-hydrogen) atoms. The summed E-state index contributed by atoms with van der Waals surface area (Å²) in [6, 6.07) is 9.05. The largest absolute Gasteiger partial charge is 0.359 e. The summed E-state index contributed by atoms with van der Waals surface area (Å²) < 4.78 is 0. The third kappa shape index (κ3) is 4.00. The zero-order valence-corrected chi connectivity index (χ0v) is 18.0. The highest BCUT2D eigenvalue weighted by molar-refractivity contribution is 6.38. The van der Waals surface area contributed by atoms with Gasteiger partial charge in [-0.1, -0.05) is 34.8 Å². The number of fused-ring (bicyclic) bond motifs is 1. The van der Waals surface area contributed by atoms with Crippen molar-refractivity contribution < 1.29 is 4.79 Å². The lowest BCUT2D eigenvalue weighted by atomic mass is 9.96. The molecule has 1 aromatic heterocycles. The minimum absolute atomic E-state index is 0.0579. The zero-order chi connectivity index (χ0) is 20.5. The summed E-state index contributed by atoms with van der Waals surface area (Å²) in [5.74, 6) is 0.787. The van der Waals surface area contributed by atoms with Gasteiger partial charge in [0.2, 0.25) is 5.91 Å². The Morgan fingerprint density at radius 1 is 1.10 bits per heavy atom. The van der Waals surface area contributed by atoms with Crippen LogP contribution >= 0.6 is 34.8 Å². The van der Waals surface area contributed by atoms with Gasteiger partial charge in [-0.15, -0.1) is 0 Å². The van der Waals surface area contributed by atoms with Crippen LogP contribution in [-0.4, -0.2) is 36.0 Å². The van der Waals surface area contributed by atoms with Gasteiger partial charge in [-0.2, -0.15) is 0 Å². The molecule has 1 aliphatic heterocycles. The van der Waals surface area contributed by atoms with E-state index in [1.54, 1.807) is 25.2 Å². The van der Waals surface area contributed by atoms with E-state index in [-0.39, 0.29) is 11.8 Å². The third-order valence-corrected chi connectivity index (χ3v) is 6.14. The lowest BCUT2D eigenvalue weighted by Crippen LogP contribution is -2.42. The second kappa shape index (κ2) is 8.34. The molecule has 0 spiro atoms. The number of piperidine rings is 1. The van der Waals surface area contributed by atoms with Crippen molar-refractivity contribution in [3.63, 3.8) is 0 Å². The van der Waals surface area contributed by atoms with Crippen molar-refractivity contribution in [3.05, 3.63) is 51.7 Å². The topological polar surface area (TPSA) is 58.1 Å². The van der Waals surface area contributed by atoms with Gasteiger partial charge in [0.25, 0.3) is 0 Å². The molecular formula is C21H19Cl3N4O. The van der Waals surface area contributed by atoms with Crippen molar-refractivity contribution in [2.45, 2.75) is 12.8 Å². The Morgan fingerprint density at radius 3 is 2.69 bits per heavy atom. The van der Waals surface area contributed by atoms with Gasteiger partial charge in [0, 0.05) is 46.7 Å². The molecule has 0 saturated carbocycles. The standard InChI is InChI=1S/C21H19Cl3N4O/c1-25-21(29)12-3-2-6-28(10-12)20-16-8-15(14-7-13(22)4-5-17(14)23)18(24)9-19(16)26-11-27-20/h4-5,7-9,11-12H,2-3,6,10H2,1H3,(H,25,29). The molecular weight excluding hydrogens is 431 g/mol. The molecule has 0 bridgehead atoms. The molecule has 5 nitrogen and oxygen atoms in total. The van der Waals surface area contributed by atoms with Crippen molar-refractivity contribution in [3.8, 4) is 11.1 Å². The summed E-state index contributed by atoms with van der Waals surface area (Å²) in [5, 5.41) is 5.29. The van der Waals surface area contributed by atoms with Crippen molar-refractivity contribution in [2.24, 2.45) is 5.92 Å². The van der Waals surface area contributed by atoms with E-state index < -0.39 is 0 Å². The van der Waals surface area contributed by atoms with Crippen molar-refractivity contribution >= 4 is 57.4 Å². The molecule has 3 aromatic rings. The van der Waals surface area contributed by atoms with Gasteiger partial charge in [-0.3, -0.25) is 4.79 Å². The zero-order valence-electron chi connectivity index (χ0n) is 15.8. The highest BCUT2D eigenvalue weighted by Gasteiger charge is 2.27. The Hall–Kier alpha value is -2.08. The van der Waals surface area contributed by atoms with Crippen LogP contribution in [0.5, 0.6) is 0 Å². The first kappa shape index (κ1) is 20.2. The van der Waals surface area contributed by atoms with E-state index in [4.69, 9.17) is 34.8 Å². The number of hydrogen-bond donors (Lipinski definition) is 1. The first-order valence-electron chi connectivity index (χ1n) is 9.34. The van der Waals surface area contributed by atoms with E-state index >= 15 is 0 Å². The Balaban J connectivity index is 1.82. The summed E-state index contributed by atoms with van der Waals surface area (Å²) >= 11 is 19.1. The van der Waals surface area contributed by atoms with E-state index in [9.17, 15) is 4.79 Å². The first-order chi connectivity index (χ1) is 14.0. The molecule has 8 heteroatoms. The van der Waals surface area contributed by atoms with Crippen LogP contribution in [0.2, 0.25) is 15.1 Å². The molecule has 150 valence electrons. The minimum atomic E-state index is -0.0621. The second-order valence-corrected chi connectivity index (χ2v) is 8.32. The monoisotopic (exact) mass is 448 g/mol. The number of benzene rings is 2. The summed E-state index contributed by atoms with van der Waals surface area (Å²) in [6.07, 6.45) is 3.32. The molecule has 0 radical (unpaired) electrons. The van der Waals surface area contributed by atoms with Gasteiger partial charge in [-0.25, -0.2) is 9.97 Å². The predicted octanol–water partition coefficient (Wildman–Crippen LogP) is 5.22. The van der Waals surface area contributed by atoms with Gasteiger partial charge in [0.1, 0.15) is 12.1 Å². The summed E-state index contributed by atoms with van der Waals surface area (Å²) in [6.45, 7) is 1.44. The number of carbonyl (C=O) groups is 1. The van der Waals surface area contributed by atoms with Crippen LogP contribution in [0, 0.1) is 5.92 Å².